The minimum Gasteiger partial charge on any atom is -0.366 e. The number of aromatic nitrogens is 3. The van der Waals surface area contributed by atoms with Crippen molar-refractivity contribution in [3.05, 3.63) is 35.0 Å². The van der Waals surface area contributed by atoms with Crippen LogP contribution < -0.4 is 5.73 Å². The summed E-state index contributed by atoms with van der Waals surface area (Å²) >= 11 is 0. The van der Waals surface area contributed by atoms with Gasteiger partial charge in [-0.25, -0.2) is 0 Å². The fourth-order valence-electron chi connectivity index (χ4n) is 2.79. The van der Waals surface area contributed by atoms with Gasteiger partial charge in [0.25, 0.3) is 5.91 Å². The van der Waals surface area contributed by atoms with Gasteiger partial charge in [-0.05, 0) is 20.3 Å². The van der Waals surface area contributed by atoms with E-state index in [1.165, 1.54) is 6.20 Å². The van der Waals surface area contributed by atoms with E-state index in [-0.39, 0.29) is 6.04 Å². The van der Waals surface area contributed by atoms with Crippen LogP contribution in [0.5, 0.6) is 0 Å². The Morgan fingerprint density at radius 3 is 2.95 bits per heavy atom. The zero-order chi connectivity index (χ0) is 15.0. The van der Waals surface area contributed by atoms with Crippen LogP contribution in [0.25, 0.3) is 0 Å². The van der Waals surface area contributed by atoms with Gasteiger partial charge in [0.05, 0.1) is 23.5 Å². The second-order valence-corrected chi connectivity index (χ2v) is 5.55. The van der Waals surface area contributed by atoms with E-state index in [2.05, 4.69) is 15.2 Å². The number of rotatable bonds is 4. The lowest BCUT2D eigenvalue weighted by Gasteiger charge is -2.15. The van der Waals surface area contributed by atoms with Crippen molar-refractivity contribution in [2.75, 3.05) is 13.1 Å². The van der Waals surface area contributed by atoms with Gasteiger partial charge in [0.15, 0.2) is 0 Å². The Labute approximate surface area is 122 Å². The van der Waals surface area contributed by atoms with E-state index in [9.17, 15) is 4.79 Å². The first kappa shape index (κ1) is 13.8. The summed E-state index contributed by atoms with van der Waals surface area (Å²) in [6.45, 7) is 6.62. The molecule has 2 aromatic rings. The van der Waals surface area contributed by atoms with E-state index in [4.69, 9.17) is 10.3 Å². The molecule has 1 aliphatic heterocycles. The van der Waals surface area contributed by atoms with Crippen molar-refractivity contribution in [2.24, 2.45) is 5.73 Å². The van der Waals surface area contributed by atoms with Crippen molar-refractivity contribution < 1.29 is 9.32 Å². The molecule has 2 N–H and O–H groups in total. The van der Waals surface area contributed by atoms with Crippen molar-refractivity contribution in [3.63, 3.8) is 0 Å². The third kappa shape index (κ3) is 2.69. The minimum absolute atomic E-state index is 0.276. The molecule has 1 atom stereocenters. The van der Waals surface area contributed by atoms with Gasteiger partial charge in [-0.1, -0.05) is 5.16 Å². The third-order valence-electron chi connectivity index (χ3n) is 4.07. The fraction of sp³-hybridized carbons (Fsp3) is 0.500. The molecule has 0 radical (unpaired) electrons. The first-order valence-electron chi connectivity index (χ1n) is 7.02. The molecule has 3 rings (SSSR count). The number of carbonyl (C=O) groups is 1. The van der Waals surface area contributed by atoms with Gasteiger partial charge in [0, 0.05) is 31.4 Å². The van der Waals surface area contributed by atoms with Gasteiger partial charge in [-0.2, -0.15) is 5.10 Å². The highest BCUT2D eigenvalue weighted by Crippen LogP contribution is 2.24. The van der Waals surface area contributed by atoms with Crippen LogP contribution in [0.15, 0.2) is 16.9 Å². The molecule has 1 saturated heterocycles. The number of nitrogens with two attached hydrogens (primary N) is 1. The standard InChI is InChI=1S/C14H19N5O2/c1-9-13(10(2)21-17-9)8-18-4-3-12(7-18)19-6-11(5-16-19)14(15)20/h5-6,12H,3-4,7-8H2,1-2H3,(H2,15,20). The van der Waals surface area contributed by atoms with Crippen molar-refractivity contribution in [2.45, 2.75) is 32.9 Å². The Bertz CT molecular complexity index is 641. The molecule has 1 aliphatic rings. The maximum Gasteiger partial charge on any atom is 0.251 e. The lowest BCUT2D eigenvalue weighted by Crippen LogP contribution is -2.22. The summed E-state index contributed by atoms with van der Waals surface area (Å²) in [7, 11) is 0. The quantitative estimate of drug-likeness (QED) is 0.908. The molecule has 1 fully saturated rings. The molecule has 1 amide bonds. The predicted octanol–water partition coefficient (Wildman–Crippen LogP) is 1.03. The Morgan fingerprint density at radius 2 is 2.33 bits per heavy atom. The molecular weight excluding hydrogens is 270 g/mol. The zero-order valence-corrected chi connectivity index (χ0v) is 12.2. The van der Waals surface area contributed by atoms with E-state index in [0.29, 0.717) is 5.56 Å². The number of amides is 1. The van der Waals surface area contributed by atoms with Crippen molar-refractivity contribution >= 4 is 5.91 Å². The molecule has 0 bridgehead atoms. The molecule has 21 heavy (non-hydrogen) atoms. The van der Waals surface area contributed by atoms with Crippen molar-refractivity contribution in [1.29, 1.82) is 0 Å². The summed E-state index contributed by atoms with van der Waals surface area (Å²) in [5.41, 5.74) is 7.83. The van der Waals surface area contributed by atoms with Gasteiger partial charge >= 0.3 is 0 Å². The van der Waals surface area contributed by atoms with E-state index in [0.717, 1.165) is 43.1 Å². The van der Waals surface area contributed by atoms with E-state index < -0.39 is 5.91 Å². The summed E-state index contributed by atoms with van der Waals surface area (Å²) in [6.07, 6.45) is 4.26. The maximum absolute atomic E-state index is 11.1. The molecule has 0 spiro atoms. The van der Waals surface area contributed by atoms with Gasteiger partial charge < -0.3 is 10.3 Å². The average molecular weight is 289 g/mol. The van der Waals surface area contributed by atoms with Gasteiger partial charge in [-0.3, -0.25) is 14.4 Å². The topological polar surface area (TPSA) is 90.2 Å². The molecular formula is C14H19N5O2. The zero-order valence-electron chi connectivity index (χ0n) is 12.2. The van der Waals surface area contributed by atoms with Crippen LogP contribution in [0.1, 0.15) is 39.8 Å². The van der Waals surface area contributed by atoms with Crippen LogP contribution in [-0.4, -0.2) is 38.8 Å². The first-order valence-corrected chi connectivity index (χ1v) is 7.02. The van der Waals surface area contributed by atoms with E-state index in [1.54, 1.807) is 6.20 Å². The molecule has 2 aromatic heterocycles. The van der Waals surface area contributed by atoms with Gasteiger partial charge in [0.1, 0.15) is 5.76 Å². The van der Waals surface area contributed by atoms with Crippen LogP contribution in [0.4, 0.5) is 0 Å². The van der Waals surface area contributed by atoms with Crippen molar-refractivity contribution in [1.82, 2.24) is 19.8 Å². The van der Waals surface area contributed by atoms with Crippen LogP contribution in [0, 0.1) is 13.8 Å². The molecule has 7 nitrogen and oxygen atoms in total. The van der Waals surface area contributed by atoms with Crippen LogP contribution in [0.3, 0.4) is 0 Å². The summed E-state index contributed by atoms with van der Waals surface area (Å²) < 4.78 is 7.04. The lowest BCUT2D eigenvalue weighted by atomic mass is 10.2. The monoisotopic (exact) mass is 289 g/mol. The van der Waals surface area contributed by atoms with E-state index >= 15 is 0 Å². The molecule has 1 unspecified atom stereocenters. The second-order valence-electron chi connectivity index (χ2n) is 5.55. The lowest BCUT2D eigenvalue weighted by molar-refractivity contribution is 0.1000. The van der Waals surface area contributed by atoms with Crippen molar-refractivity contribution in [3.8, 4) is 0 Å². The van der Waals surface area contributed by atoms with E-state index in [1.807, 2.05) is 18.5 Å². The summed E-state index contributed by atoms with van der Waals surface area (Å²) in [5.74, 6) is 0.442. The van der Waals surface area contributed by atoms with Crippen LogP contribution in [-0.2, 0) is 6.54 Å². The largest absolute Gasteiger partial charge is 0.366 e. The third-order valence-corrected chi connectivity index (χ3v) is 4.07. The highest BCUT2D eigenvalue weighted by Gasteiger charge is 2.26. The molecule has 3 heterocycles. The second kappa shape index (κ2) is 5.33. The molecule has 7 heteroatoms. The summed E-state index contributed by atoms with van der Waals surface area (Å²) in [6, 6.07) is 0.276. The number of aryl methyl sites for hydroxylation is 2. The summed E-state index contributed by atoms with van der Waals surface area (Å²) in [5, 5.41) is 8.23. The maximum atomic E-state index is 11.1. The number of carbonyl (C=O) groups excluding carboxylic acids is 1. The highest BCUT2D eigenvalue weighted by molar-refractivity contribution is 5.92. The molecule has 0 saturated carbocycles. The Kier molecular flexibility index (Phi) is 3.50. The highest BCUT2D eigenvalue weighted by atomic mass is 16.5. The number of hydrogen-bond donors (Lipinski definition) is 1. The number of primary amides is 1. The fourth-order valence-corrected chi connectivity index (χ4v) is 2.79. The van der Waals surface area contributed by atoms with Crippen LogP contribution in [0.2, 0.25) is 0 Å². The van der Waals surface area contributed by atoms with Gasteiger partial charge in [-0.15, -0.1) is 0 Å². The van der Waals surface area contributed by atoms with Crippen LogP contribution >= 0.6 is 0 Å². The first-order chi connectivity index (χ1) is 10.0. The average Bonchev–Trinajstić information content (AvgIpc) is 3.14. The number of likely N-dealkylation sites (tertiary alicyclic amines) is 1. The Morgan fingerprint density at radius 1 is 1.52 bits per heavy atom. The normalized spacial score (nSPS) is 19.2. The minimum atomic E-state index is -0.438. The Hall–Kier alpha value is -2.15. The predicted molar refractivity (Wildman–Crippen MR) is 75.7 cm³/mol. The SMILES string of the molecule is Cc1noc(C)c1CN1CCC(n2cc(C(N)=O)cn2)C1. The van der Waals surface area contributed by atoms with Gasteiger partial charge in [0.2, 0.25) is 0 Å². The molecule has 0 aromatic carbocycles. The molecule has 0 aliphatic carbocycles. The smallest absolute Gasteiger partial charge is 0.251 e. The molecule has 112 valence electrons. The summed E-state index contributed by atoms with van der Waals surface area (Å²) in [4.78, 5) is 13.5. The number of nitrogens with zero attached hydrogens (tertiary/aromatic N) is 4. The Balaban J connectivity index is 1.66. The number of hydrogen-bond acceptors (Lipinski definition) is 5.